The van der Waals surface area contributed by atoms with E-state index < -0.39 is 0 Å². The van der Waals surface area contributed by atoms with Gasteiger partial charge in [-0.2, -0.15) is 0 Å². The fraction of sp³-hybridized carbons (Fsp3) is 1.00. The molecule has 0 bridgehead atoms. The van der Waals surface area contributed by atoms with Crippen molar-refractivity contribution < 1.29 is 0 Å². The van der Waals surface area contributed by atoms with Crippen LogP contribution in [-0.2, 0) is 0 Å². The number of hydrogen-bond donors (Lipinski definition) is 3. The van der Waals surface area contributed by atoms with Crippen LogP contribution in [-0.4, -0.2) is 13.1 Å². The molecule has 0 aliphatic carbocycles. The topological polar surface area (TPSA) is 38.0 Å². The number of nitrogens with one attached hydrogen (secondary N) is 1. The van der Waals surface area contributed by atoms with Gasteiger partial charge in [0.1, 0.15) is 0 Å². The van der Waals surface area contributed by atoms with E-state index in [0.29, 0.717) is 0 Å². The zero-order valence-corrected chi connectivity index (χ0v) is 6.66. The number of nitrogens with two attached hydrogens (primary N) is 1. The summed E-state index contributed by atoms with van der Waals surface area (Å²) in [5.74, 6) is 0. The predicted octanol–water partition coefficient (Wildman–Crippen LogP) is 0.940. The smallest absolute Gasteiger partial charge is 0.00561 e. The Morgan fingerprint density at radius 2 is 1.78 bits per heavy atom. The zero-order chi connectivity index (χ0) is 6.95. The summed E-state index contributed by atoms with van der Waals surface area (Å²) < 4.78 is 2.81. The van der Waals surface area contributed by atoms with Crippen molar-refractivity contribution in [1.29, 1.82) is 0 Å². The monoisotopic (exact) mass is 148 g/mol. The number of rotatable bonds is 6. The van der Waals surface area contributed by atoms with Crippen molar-refractivity contribution in [1.82, 2.24) is 4.72 Å². The van der Waals surface area contributed by atoms with Crippen LogP contribution < -0.4 is 10.5 Å². The molecule has 56 valence electrons. The van der Waals surface area contributed by atoms with Gasteiger partial charge >= 0.3 is 0 Å². The van der Waals surface area contributed by atoms with Gasteiger partial charge in [-0.3, -0.25) is 4.72 Å². The largest absolute Gasteiger partial charge is 0.330 e. The summed E-state index contributed by atoms with van der Waals surface area (Å²) in [6, 6.07) is 0. The molecule has 3 N–H and O–H groups in total. The van der Waals surface area contributed by atoms with E-state index in [1.807, 2.05) is 0 Å². The second-order valence-corrected chi connectivity index (χ2v) is 2.43. The molecule has 0 atom stereocenters. The molecule has 2 nitrogen and oxygen atoms in total. The molecule has 0 amide bonds. The molecule has 0 aromatic heterocycles. The lowest BCUT2D eigenvalue weighted by molar-refractivity contribution is 0.644. The van der Waals surface area contributed by atoms with Gasteiger partial charge in [-0.05, 0) is 19.4 Å². The summed E-state index contributed by atoms with van der Waals surface area (Å²) >= 11 is 3.87. The van der Waals surface area contributed by atoms with Gasteiger partial charge in [0.05, 0.1) is 0 Å². The molecule has 9 heavy (non-hydrogen) atoms. The van der Waals surface area contributed by atoms with Crippen LogP contribution >= 0.6 is 12.8 Å². The van der Waals surface area contributed by atoms with Gasteiger partial charge in [-0.15, -0.1) is 0 Å². The molecule has 0 rings (SSSR count). The molecular formula is C6H16N2S. The van der Waals surface area contributed by atoms with Crippen molar-refractivity contribution in [2.75, 3.05) is 13.1 Å². The van der Waals surface area contributed by atoms with Crippen molar-refractivity contribution in [3.05, 3.63) is 0 Å². The van der Waals surface area contributed by atoms with E-state index in [2.05, 4.69) is 17.5 Å². The number of hydrogen-bond acceptors (Lipinski definition) is 3. The summed E-state index contributed by atoms with van der Waals surface area (Å²) in [5.41, 5.74) is 5.31. The Bertz CT molecular complexity index is 44.3. The summed E-state index contributed by atoms with van der Waals surface area (Å²) in [5, 5.41) is 0. The van der Waals surface area contributed by atoms with E-state index in [-0.39, 0.29) is 0 Å². The highest BCUT2D eigenvalue weighted by molar-refractivity contribution is 7.78. The van der Waals surface area contributed by atoms with Crippen LogP contribution in [0.1, 0.15) is 25.7 Å². The normalized spacial score (nSPS) is 10.0. The predicted molar refractivity (Wildman–Crippen MR) is 44.5 cm³/mol. The van der Waals surface area contributed by atoms with Crippen LogP contribution in [0, 0.1) is 0 Å². The lowest BCUT2D eigenvalue weighted by atomic mass is 10.2. The molecule has 0 aliphatic rings. The first-order valence-corrected chi connectivity index (χ1v) is 3.93. The second-order valence-electron chi connectivity index (χ2n) is 2.11. The van der Waals surface area contributed by atoms with Gasteiger partial charge < -0.3 is 5.73 Å². The molecule has 0 aromatic rings. The maximum Gasteiger partial charge on any atom is 0.00561 e. The van der Waals surface area contributed by atoms with Crippen molar-refractivity contribution in [3.63, 3.8) is 0 Å². The van der Waals surface area contributed by atoms with Crippen molar-refractivity contribution in [2.24, 2.45) is 5.73 Å². The standard InChI is InChI=1S/C6H16N2S/c7-5-3-1-2-4-6-8-9/h8-9H,1-7H2. The molecule has 3 heteroatoms. The minimum absolute atomic E-state index is 0.828. The highest BCUT2D eigenvalue weighted by Crippen LogP contribution is 1.96. The summed E-state index contributed by atoms with van der Waals surface area (Å²) in [6.07, 6.45) is 4.90. The van der Waals surface area contributed by atoms with E-state index in [9.17, 15) is 0 Å². The quantitative estimate of drug-likeness (QED) is 0.387. The maximum absolute atomic E-state index is 5.31. The summed E-state index contributed by atoms with van der Waals surface area (Å²) in [4.78, 5) is 0. The minimum Gasteiger partial charge on any atom is -0.330 e. The van der Waals surface area contributed by atoms with Crippen molar-refractivity contribution in [3.8, 4) is 0 Å². The third-order valence-electron chi connectivity index (χ3n) is 1.24. The summed E-state index contributed by atoms with van der Waals surface area (Å²) in [6.45, 7) is 1.84. The molecular weight excluding hydrogens is 132 g/mol. The van der Waals surface area contributed by atoms with Crippen LogP contribution in [0.3, 0.4) is 0 Å². The Hall–Kier alpha value is 0.270. The molecule has 0 saturated carbocycles. The Morgan fingerprint density at radius 1 is 1.11 bits per heavy atom. The van der Waals surface area contributed by atoms with Gasteiger partial charge in [0.2, 0.25) is 0 Å². The molecule has 0 spiro atoms. The second kappa shape index (κ2) is 8.27. The molecule has 0 saturated heterocycles. The Morgan fingerprint density at radius 3 is 2.33 bits per heavy atom. The maximum atomic E-state index is 5.31. The Kier molecular flexibility index (Phi) is 8.52. The van der Waals surface area contributed by atoms with Gasteiger partial charge in [0.25, 0.3) is 0 Å². The third-order valence-corrected chi connectivity index (χ3v) is 1.47. The van der Waals surface area contributed by atoms with E-state index >= 15 is 0 Å². The van der Waals surface area contributed by atoms with E-state index in [0.717, 1.165) is 19.5 Å². The van der Waals surface area contributed by atoms with Crippen molar-refractivity contribution in [2.45, 2.75) is 25.7 Å². The van der Waals surface area contributed by atoms with Gasteiger partial charge in [0.15, 0.2) is 0 Å². The van der Waals surface area contributed by atoms with Crippen LogP contribution in [0.15, 0.2) is 0 Å². The van der Waals surface area contributed by atoms with Gasteiger partial charge in [-0.1, -0.05) is 25.7 Å². The first-order chi connectivity index (χ1) is 4.41. The summed E-state index contributed by atoms with van der Waals surface area (Å²) in [7, 11) is 0. The minimum atomic E-state index is 0.828. The fourth-order valence-electron chi connectivity index (χ4n) is 0.702. The number of unbranched alkanes of at least 4 members (excludes halogenated alkanes) is 3. The molecule has 0 aromatic carbocycles. The zero-order valence-electron chi connectivity index (χ0n) is 5.77. The molecule has 0 aliphatic heterocycles. The van der Waals surface area contributed by atoms with Crippen LogP contribution in [0.5, 0.6) is 0 Å². The van der Waals surface area contributed by atoms with E-state index in [4.69, 9.17) is 5.73 Å². The SMILES string of the molecule is NCCCCCCNS. The fourth-order valence-corrected chi connectivity index (χ4v) is 0.860. The lowest BCUT2D eigenvalue weighted by Gasteiger charge is -1.96. The molecule has 0 unspecified atom stereocenters. The average molecular weight is 148 g/mol. The number of thiol groups is 1. The van der Waals surface area contributed by atoms with E-state index in [1.165, 1.54) is 19.3 Å². The Balaban J connectivity index is 2.60. The van der Waals surface area contributed by atoms with E-state index in [1.54, 1.807) is 0 Å². The van der Waals surface area contributed by atoms with Crippen LogP contribution in [0.25, 0.3) is 0 Å². The molecule has 0 fully saturated rings. The Labute approximate surface area is 62.7 Å². The third kappa shape index (κ3) is 8.27. The van der Waals surface area contributed by atoms with Gasteiger partial charge in [0, 0.05) is 6.54 Å². The van der Waals surface area contributed by atoms with Crippen LogP contribution in [0.4, 0.5) is 0 Å². The first kappa shape index (κ1) is 9.27. The lowest BCUT2D eigenvalue weighted by Crippen LogP contribution is -2.02. The first-order valence-electron chi connectivity index (χ1n) is 3.49. The highest BCUT2D eigenvalue weighted by atomic mass is 32.1. The van der Waals surface area contributed by atoms with Crippen LogP contribution in [0.2, 0.25) is 0 Å². The highest BCUT2D eigenvalue weighted by Gasteiger charge is 1.85. The molecule has 0 radical (unpaired) electrons. The molecule has 0 heterocycles. The van der Waals surface area contributed by atoms with Crippen molar-refractivity contribution >= 4 is 12.8 Å². The average Bonchev–Trinajstić information content (AvgIpc) is 1.89. The van der Waals surface area contributed by atoms with Gasteiger partial charge in [-0.25, -0.2) is 0 Å².